The molecule has 0 atom stereocenters. The Morgan fingerprint density at radius 3 is 1.29 bits per heavy atom. The van der Waals surface area contributed by atoms with Gasteiger partial charge in [0.15, 0.2) is 0 Å². The van der Waals surface area contributed by atoms with Crippen LogP contribution in [0.15, 0.2) is 60.7 Å². The first kappa shape index (κ1) is 10.3. The summed E-state index contributed by atoms with van der Waals surface area (Å²) in [6, 6.07) is 19.5. The Morgan fingerprint density at radius 1 is 0.571 bits per heavy atom. The van der Waals surface area contributed by atoms with Gasteiger partial charge in [-0.2, -0.15) is 0 Å². The second-order valence-electron chi connectivity index (χ2n) is 2.73. The maximum atomic E-state index is 5.58. The summed E-state index contributed by atoms with van der Waals surface area (Å²) in [5, 5.41) is 0. The quantitative estimate of drug-likeness (QED) is 0.780. The van der Waals surface area contributed by atoms with Crippen LogP contribution in [-0.4, -0.2) is 0 Å². The van der Waals surface area contributed by atoms with Crippen molar-refractivity contribution in [3.63, 3.8) is 0 Å². The Kier molecular flexibility index (Phi) is 3.70. The fourth-order valence-corrected chi connectivity index (χ4v) is 1.11. The SMILES string of the molecule is N.c1ccc(Oc2ccccc2)cc1. The van der Waals surface area contributed by atoms with E-state index < -0.39 is 0 Å². The molecule has 0 fully saturated rings. The van der Waals surface area contributed by atoms with Crippen LogP contribution in [-0.2, 0) is 0 Å². The van der Waals surface area contributed by atoms with Crippen LogP contribution in [0.4, 0.5) is 0 Å². The average molecular weight is 187 g/mol. The monoisotopic (exact) mass is 187 g/mol. The smallest absolute Gasteiger partial charge is 0.127 e. The first-order chi connectivity index (χ1) is 6.45. The van der Waals surface area contributed by atoms with Gasteiger partial charge in [0.25, 0.3) is 0 Å². The predicted molar refractivity (Wildman–Crippen MR) is 58.0 cm³/mol. The number of rotatable bonds is 2. The van der Waals surface area contributed by atoms with Gasteiger partial charge in [-0.1, -0.05) is 36.4 Å². The highest BCUT2D eigenvalue weighted by Gasteiger charge is 1.92. The second-order valence-corrected chi connectivity index (χ2v) is 2.73. The summed E-state index contributed by atoms with van der Waals surface area (Å²) in [7, 11) is 0. The fraction of sp³-hybridized carbons (Fsp3) is 0. The molecule has 0 aromatic heterocycles. The lowest BCUT2D eigenvalue weighted by Gasteiger charge is -2.03. The molecule has 0 aliphatic heterocycles. The largest absolute Gasteiger partial charge is 0.457 e. The molecular formula is C12H13NO. The van der Waals surface area contributed by atoms with Crippen LogP contribution >= 0.6 is 0 Å². The van der Waals surface area contributed by atoms with Gasteiger partial charge in [-0.3, -0.25) is 0 Å². The van der Waals surface area contributed by atoms with Crippen LogP contribution in [0.25, 0.3) is 0 Å². The minimum Gasteiger partial charge on any atom is -0.457 e. The van der Waals surface area contributed by atoms with E-state index in [0.717, 1.165) is 11.5 Å². The number of benzene rings is 2. The topological polar surface area (TPSA) is 44.2 Å². The van der Waals surface area contributed by atoms with Crippen LogP contribution in [0, 0.1) is 0 Å². The Bertz CT molecular complexity index is 321. The van der Waals surface area contributed by atoms with Crippen molar-refractivity contribution in [2.45, 2.75) is 0 Å². The van der Waals surface area contributed by atoms with E-state index >= 15 is 0 Å². The van der Waals surface area contributed by atoms with Crippen LogP contribution in [0.1, 0.15) is 0 Å². The van der Waals surface area contributed by atoms with E-state index in [1.165, 1.54) is 0 Å². The fourth-order valence-electron chi connectivity index (χ4n) is 1.11. The van der Waals surface area contributed by atoms with E-state index in [2.05, 4.69) is 0 Å². The van der Waals surface area contributed by atoms with Crippen LogP contribution < -0.4 is 10.9 Å². The summed E-state index contributed by atoms with van der Waals surface area (Å²) >= 11 is 0. The lowest BCUT2D eigenvalue weighted by atomic mass is 10.3. The van der Waals surface area contributed by atoms with Crippen molar-refractivity contribution in [3.8, 4) is 11.5 Å². The molecule has 14 heavy (non-hydrogen) atoms. The highest BCUT2D eigenvalue weighted by molar-refractivity contribution is 5.30. The van der Waals surface area contributed by atoms with E-state index in [1.807, 2.05) is 60.7 Å². The highest BCUT2D eigenvalue weighted by atomic mass is 16.5. The Hall–Kier alpha value is -1.80. The molecule has 2 aromatic carbocycles. The van der Waals surface area contributed by atoms with Gasteiger partial charge in [-0.05, 0) is 24.3 Å². The van der Waals surface area contributed by atoms with Gasteiger partial charge < -0.3 is 10.9 Å². The van der Waals surface area contributed by atoms with Gasteiger partial charge in [0.2, 0.25) is 0 Å². The molecule has 0 bridgehead atoms. The molecule has 0 saturated carbocycles. The summed E-state index contributed by atoms with van der Waals surface area (Å²) in [4.78, 5) is 0. The van der Waals surface area contributed by atoms with Crippen molar-refractivity contribution >= 4 is 0 Å². The predicted octanol–water partition coefficient (Wildman–Crippen LogP) is 3.64. The summed E-state index contributed by atoms with van der Waals surface area (Å²) < 4.78 is 5.58. The molecule has 0 amide bonds. The molecule has 0 radical (unpaired) electrons. The van der Waals surface area contributed by atoms with Gasteiger partial charge in [0, 0.05) is 0 Å². The van der Waals surface area contributed by atoms with E-state index in [-0.39, 0.29) is 6.15 Å². The Labute approximate surface area is 83.7 Å². The molecular weight excluding hydrogens is 174 g/mol. The van der Waals surface area contributed by atoms with E-state index in [9.17, 15) is 0 Å². The van der Waals surface area contributed by atoms with Crippen molar-refractivity contribution < 1.29 is 4.74 Å². The number of ether oxygens (including phenoxy) is 1. The average Bonchev–Trinajstić information content (AvgIpc) is 2.21. The standard InChI is InChI=1S/C12H10O.H3N/c1-3-7-11(8-4-1)13-12-9-5-2-6-10-12;/h1-10H;1H3. The van der Waals surface area contributed by atoms with Crippen LogP contribution in [0.2, 0.25) is 0 Å². The third kappa shape index (κ3) is 2.61. The first-order valence-electron chi connectivity index (χ1n) is 4.23. The lowest BCUT2D eigenvalue weighted by molar-refractivity contribution is 0.482. The minimum atomic E-state index is 0. The second kappa shape index (κ2) is 5.04. The molecule has 2 aromatic rings. The van der Waals surface area contributed by atoms with Crippen molar-refractivity contribution in [1.29, 1.82) is 0 Å². The summed E-state index contributed by atoms with van der Waals surface area (Å²) in [5.41, 5.74) is 0. The molecule has 0 saturated heterocycles. The third-order valence-electron chi connectivity index (χ3n) is 1.72. The molecule has 72 valence electrons. The summed E-state index contributed by atoms with van der Waals surface area (Å²) in [6.07, 6.45) is 0. The Morgan fingerprint density at radius 2 is 0.929 bits per heavy atom. The first-order valence-corrected chi connectivity index (χ1v) is 4.23. The third-order valence-corrected chi connectivity index (χ3v) is 1.72. The van der Waals surface area contributed by atoms with Crippen molar-refractivity contribution in [2.75, 3.05) is 0 Å². The van der Waals surface area contributed by atoms with Crippen molar-refractivity contribution in [1.82, 2.24) is 6.15 Å². The van der Waals surface area contributed by atoms with Gasteiger partial charge in [-0.25, -0.2) is 0 Å². The highest BCUT2D eigenvalue weighted by Crippen LogP contribution is 2.19. The van der Waals surface area contributed by atoms with E-state index in [4.69, 9.17) is 4.74 Å². The molecule has 0 spiro atoms. The summed E-state index contributed by atoms with van der Waals surface area (Å²) in [6.45, 7) is 0. The van der Waals surface area contributed by atoms with E-state index in [0.29, 0.717) is 0 Å². The number of hydrogen-bond acceptors (Lipinski definition) is 2. The van der Waals surface area contributed by atoms with Gasteiger partial charge in [-0.15, -0.1) is 0 Å². The lowest BCUT2D eigenvalue weighted by Crippen LogP contribution is -1.81. The van der Waals surface area contributed by atoms with Crippen LogP contribution in [0.5, 0.6) is 11.5 Å². The van der Waals surface area contributed by atoms with Crippen molar-refractivity contribution in [3.05, 3.63) is 60.7 Å². The Balaban J connectivity index is 0.000000980. The van der Waals surface area contributed by atoms with Gasteiger partial charge >= 0.3 is 0 Å². The normalized spacial score (nSPS) is 8.86. The van der Waals surface area contributed by atoms with E-state index in [1.54, 1.807) is 0 Å². The molecule has 0 heterocycles. The van der Waals surface area contributed by atoms with Gasteiger partial charge in [0.1, 0.15) is 11.5 Å². The van der Waals surface area contributed by atoms with Crippen molar-refractivity contribution in [2.24, 2.45) is 0 Å². The maximum Gasteiger partial charge on any atom is 0.127 e. The molecule has 2 heteroatoms. The molecule has 0 aliphatic carbocycles. The maximum absolute atomic E-state index is 5.58. The zero-order chi connectivity index (χ0) is 8.93. The molecule has 3 N–H and O–H groups in total. The molecule has 2 nitrogen and oxygen atoms in total. The van der Waals surface area contributed by atoms with Gasteiger partial charge in [0.05, 0.1) is 0 Å². The summed E-state index contributed by atoms with van der Waals surface area (Å²) in [5.74, 6) is 1.74. The minimum absolute atomic E-state index is 0. The molecule has 0 unspecified atom stereocenters. The zero-order valence-corrected chi connectivity index (χ0v) is 7.89. The molecule has 2 rings (SSSR count). The number of para-hydroxylation sites is 2. The zero-order valence-electron chi connectivity index (χ0n) is 7.89. The van der Waals surface area contributed by atoms with Crippen LogP contribution in [0.3, 0.4) is 0 Å². The molecule has 0 aliphatic rings. The number of hydrogen-bond donors (Lipinski definition) is 1.